The monoisotopic (exact) mass is 319 g/mol. The first-order chi connectivity index (χ1) is 8.32. The summed E-state index contributed by atoms with van der Waals surface area (Å²) in [6, 6.07) is 1.80. The molecular weight excluding hydrogens is 309 g/mol. The summed E-state index contributed by atoms with van der Waals surface area (Å²) in [4.78, 5) is 0. The number of halogens is 6. The first-order valence-corrected chi connectivity index (χ1v) is 5.81. The minimum Gasteiger partial charge on any atom is -0.398 e. The number of hydrogen-bond donors (Lipinski definition) is 2. The quantitative estimate of drug-likeness (QED) is 0.506. The van der Waals surface area contributed by atoms with Gasteiger partial charge in [0.05, 0.1) is 0 Å². The number of benzene rings is 1. The van der Waals surface area contributed by atoms with E-state index in [9.17, 15) is 22.7 Å². The van der Waals surface area contributed by atoms with Crippen molar-refractivity contribution in [2.45, 2.75) is 30.2 Å². The van der Waals surface area contributed by atoms with Crippen molar-refractivity contribution >= 4 is 28.9 Å². The van der Waals surface area contributed by atoms with Crippen LogP contribution in [0.2, 0.25) is 0 Å². The van der Waals surface area contributed by atoms with Crippen molar-refractivity contribution in [3.8, 4) is 0 Å². The van der Waals surface area contributed by atoms with Crippen LogP contribution in [0.4, 0.5) is 23.2 Å². The third-order valence-corrected chi connectivity index (χ3v) is 3.38. The summed E-state index contributed by atoms with van der Waals surface area (Å²) < 4.78 is 52.9. The molecule has 0 saturated heterocycles. The van der Waals surface area contributed by atoms with E-state index >= 15 is 0 Å². The van der Waals surface area contributed by atoms with E-state index < -0.39 is 21.9 Å². The molecule has 0 aromatic heterocycles. The molecule has 0 aliphatic rings. The van der Waals surface area contributed by atoms with E-state index in [4.69, 9.17) is 5.73 Å². The van der Waals surface area contributed by atoms with E-state index in [1.165, 1.54) is 13.8 Å². The predicted molar refractivity (Wildman–Crippen MR) is 65.8 cm³/mol. The Morgan fingerprint density at radius 3 is 1.58 bits per heavy atom. The molecule has 0 saturated carbocycles. The Balaban J connectivity index is 3.62. The number of rotatable bonds is 3. The summed E-state index contributed by atoms with van der Waals surface area (Å²) >= 11 is 9.25. The average molecular weight is 320 g/mol. The number of nitrogen functional groups attached to an aromatic ring is 1. The maximum atomic E-state index is 13.2. The van der Waals surface area contributed by atoms with Crippen molar-refractivity contribution in [1.29, 1.82) is 0 Å². The van der Waals surface area contributed by atoms with Crippen LogP contribution in [0.1, 0.15) is 16.7 Å². The number of alkyl halides is 6. The van der Waals surface area contributed by atoms with E-state index in [0.29, 0.717) is 0 Å². The van der Waals surface area contributed by atoms with Crippen LogP contribution in [0.3, 0.4) is 0 Å². The van der Waals surface area contributed by atoms with Gasteiger partial charge in [0.1, 0.15) is 0 Å². The molecule has 0 amide bonds. The molecule has 8 heteroatoms. The lowest BCUT2D eigenvalue weighted by Crippen LogP contribution is -2.52. The van der Waals surface area contributed by atoms with Gasteiger partial charge in [-0.05, 0) is 53.7 Å². The van der Waals surface area contributed by atoms with Crippen molar-refractivity contribution < 1.29 is 22.7 Å². The lowest BCUT2D eigenvalue weighted by molar-refractivity contribution is -0.224. The molecule has 0 bridgehead atoms. The molecule has 1 rings (SSSR count). The standard InChI is InChI=1S/C11H11Cl2F4NO/c1-5-3-7(4-6(2)8(5)18)9(19,10(12,14)15)11(13,16)17/h3-4,19H,18H2,1-2H3. The Kier molecular flexibility index (Phi) is 4.02. The first-order valence-electron chi connectivity index (χ1n) is 5.05. The van der Waals surface area contributed by atoms with Crippen LogP contribution in [0, 0.1) is 13.8 Å². The summed E-state index contributed by atoms with van der Waals surface area (Å²) in [7, 11) is 0. The van der Waals surface area contributed by atoms with Crippen molar-refractivity contribution in [1.82, 2.24) is 0 Å². The topological polar surface area (TPSA) is 46.2 Å². The van der Waals surface area contributed by atoms with Gasteiger partial charge in [0.25, 0.3) is 0 Å². The smallest absolute Gasteiger partial charge is 0.361 e. The second-order valence-electron chi connectivity index (χ2n) is 4.23. The molecule has 3 N–H and O–H groups in total. The Morgan fingerprint density at radius 1 is 1.00 bits per heavy atom. The van der Waals surface area contributed by atoms with Gasteiger partial charge in [0.2, 0.25) is 5.60 Å². The zero-order chi connectivity index (χ0) is 15.2. The Hall–Kier alpha value is -0.720. The Bertz CT molecular complexity index is 459. The Morgan fingerprint density at radius 2 is 1.32 bits per heavy atom. The van der Waals surface area contributed by atoms with Crippen LogP contribution in [0.25, 0.3) is 0 Å². The van der Waals surface area contributed by atoms with E-state index in [-0.39, 0.29) is 16.8 Å². The highest BCUT2D eigenvalue weighted by Crippen LogP contribution is 2.52. The molecule has 1 aromatic carbocycles. The highest BCUT2D eigenvalue weighted by atomic mass is 35.5. The molecule has 0 heterocycles. The average Bonchev–Trinajstić information content (AvgIpc) is 2.20. The number of anilines is 1. The van der Waals surface area contributed by atoms with Gasteiger partial charge in [-0.15, -0.1) is 0 Å². The van der Waals surface area contributed by atoms with E-state index in [1.54, 1.807) is 0 Å². The maximum Gasteiger partial charge on any atom is 0.361 e. The van der Waals surface area contributed by atoms with Crippen molar-refractivity contribution in [2.75, 3.05) is 5.73 Å². The molecular formula is C11H11Cl2F4NO. The number of hydrogen-bond acceptors (Lipinski definition) is 2. The highest BCUT2D eigenvalue weighted by Gasteiger charge is 2.68. The fraction of sp³-hybridized carbons (Fsp3) is 0.455. The van der Waals surface area contributed by atoms with Crippen LogP contribution >= 0.6 is 23.2 Å². The molecule has 0 fully saturated rings. The van der Waals surface area contributed by atoms with Crippen LogP contribution in [0.5, 0.6) is 0 Å². The van der Waals surface area contributed by atoms with Crippen LogP contribution in [0.15, 0.2) is 12.1 Å². The molecule has 19 heavy (non-hydrogen) atoms. The fourth-order valence-electron chi connectivity index (χ4n) is 1.67. The third kappa shape index (κ3) is 2.61. The summed E-state index contributed by atoms with van der Waals surface area (Å²) in [6.07, 6.45) is 0. The summed E-state index contributed by atoms with van der Waals surface area (Å²) in [6.45, 7) is 2.84. The number of nitrogens with two attached hydrogens (primary N) is 1. The zero-order valence-electron chi connectivity index (χ0n) is 9.95. The minimum absolute atomic E-state index is 0.238. The summed E-state index contributed by atoms with van der Waals surface area (Å²) in [5.74, 6) is 0. The van der Waals surface area contributed by atoms with Crippen LogP contribution in [-0.4, -0.2) is 15.9 Å². The summed E-state index contributed by atoms with van der Waals surface area (Å²) in [5, 5.41) is 0.344. The predicted octanol–water partition coefficient (Wildman–Crippen LogP) is 3.74. The lowest BCUT2D eigenvalue weighted by Gasteiger charge is -2.35. The van der Waals surface area contributed by atoms with Gasteiger partial charge in [-0.3, -0.25) is 0 Å². The largest absolute Gasteiger partial charge is 0.398 e. The number of aryl methyl sites for hydroxylation is 2. The van der Waals surface area contributed by atoms with E-state index in [2.05, 4.69) is 23.2 Å². The molecule has 0 aliphatic carbocycles. The first kappa shape index (κ1) is 16.3. The molecule has 0 atom stereocenters. The van der Waals surface area contributed by atoms with Crippen molar-refractivity contribution in [3.05, 3.63) is 28.8 Å². The molecule has 0 aliphatic heterocycles. The molecule has 0 spiro atoms. The second-order valence-corrected chi connectivity index (χ2v) is 5.18. The second kappa shape index (κ2) is 4.68. The lowest BCUT2D eigenvalue weighted by atomic mass is 9.90. The molecule has 0 unspecified atom stereocenters. The van der Waals surface area contributed by atoms with Gasteiger partial charge >= 0.3 is 10.8 Å². The molecule has 108 valence electrons. The van der Waals surface area contributed by atoms with Gasteiger partial charge < -0.3 is 10.8 Å². The third-order valence-electron chi connectivity index (χ3n) is 2.83. The van der Waals surface area contributed by atoms with Crippen LogP contribution in [-0.2, 0) is 5.60 Å². The van der Waals surface area contributed by atoms with Gasteiger partial charge in [-0.2, -0.15) is 17.6 Å². The highest BCUT2D eigenvalue weighted by molar-refractivity contribution is 6.26. The van der Waals surface area contributed by atoms with Crippen molar-refractivity contribution in [2.24, 2.45) is 0 Å². The van der Waals surface area contributed by atoms with Crippen molar-refractivity contribution in [3.63, 3.8) is 0 Å². The number of aliphatic hydroxyl groups is 1. The molecule has 1 aromatic rings. The molecule has 0 radical (unpaired) electrons. The summed E-state index contributed by atoms with van der Waals surface area (Å²) in [5.41, 5.74) is 1.46. The SMILES string of the molecule is Cc1cc(C(O)(C(F)(F)Cl)C(F)(F)Cl)cc(C)c1N. The van der Waals surface area contributed by atoms with Gasteiger partial charge in [0.15, 0.2) is 0 Å². The van der Waals surface area contributed by atoms with Gasteiger partial charge in [0, 0.05) is 5.69 Å². The van der Waals surface area contributed by atoms with Crippen LogP contribution < -0.4 is 5.73 Å². The zero-order valence-corrected chi connectivity index (χ0v) is 11.5. The normalized spacial score (nSPS) is 13.7. The van der Waals surface area contributed by atoms with E-state index in [1.807, 2.05) is 0 Å². The minimum atomic E-state index is -4.67. The molecule has 2 nitrogen and oxygen atoms in total. The van der Waals surface area contributed by atoms with Gasteiger partial charge in [-0.1, -0.05) is 12.1 Å². The maximum absolute atomic E-state index is 13.2. The Labute approximate surface area is 117 Å². The fourth-order valence-corrected chi connectivity index (χ4v) is 2.18. The van der Waals surface area contributed by atoms with E-state index in [0.717, 1.165) is 12.1 Å². The van der Waals surface area contributed by atoms with Gasteiger partial charge in [-0.25, -0.2) is 0 Å².